The highest BCUT2D eigenvalue weighted by Crippen LogP contribution is 2.35. The average molecular weight is 297 g/mol. The van der Waals surface area contributed by atoms with E-state index < -0.39 is 0 Å². The Hall–Kier alpha value is -0.410. The van der Waals surface area contributed by atoms with Crippen molar-refractivity contribution in [2.45, 2.75) is 52.1 Å². The Bertz CT molecular complexity index is 376. The summed E-state index contributed by atoms with van der Waals surface area (Å²) in [5.74, 6) is 0. The standard InChI is InChI=1S/C14H21BrN2/c1-14(2)6-4-3-5-13(14)17-9-11-7-12(15)10-16-8-11/h7-8,10,13,17H,3-6,9H2,1-2H3. The molecule has 0 aromatic carbocycles. The molecule has 1 N–H and O–H groups in total. The van der Waals surface area contributed by atoms with Crippen molar-refractivity contribution in [3.63, 3.8) is 0 Å². The molecule has 94 valence electrons. The first-order valence-corrected chi connectivity index (χ1v) is 7.20. The zero-order valence-corrected chi connectivity index (χ0v) is 12.3. The van der Waals surface area contributed by atoms with Crippen molar-refractivity contribution in [3.05, 3.63) is 28.5 Å². The van der Waals surface area contributed by atoms with Gasteiger partial charge in [-0.2, -0.15) is 0 Å². The van der Waals surface area contributed by atoms with Gasteiger partial charge in [-0.3, -0.25) is 4.98 Å². The molecule has 0 bridgehead atoms. The molecule has 1 aromatic heterocycles. The molecule has 1 fully saturated rings. The third-order valence-electron chi connectivity index (χ3n) is 3.82. The van der Waals surface area contributed by atoms with Crippen LogP contribution in [-0.4, -0.2) is 11.0 Å². The van der Waals surface area contributed by atoms with Crippen molar-refractivity contribution in [3.8, 4) is 0 Å². The van der Waals surface area contributed by atoms with Crippen LogP contribution in [0, 0.1) is 5.41 Å². The maximum atomic E-state index is 4.20. The summed E-state index contributed by atoms with van der Waals surface area (Å²) in [4.78, 5) is 4.20. The lowest BCUT2D eigenvalue weighted by atomic mass is 9.73. The smallest absolute Gasteiger partial charge is 0.0410 e. The predicted octanol–water partition coefficient (Wildman–Crippen LogP) is 3.90. The Labute approximate surface area is 112 Å². The van der Waals surface area contributed by atoms with E-state index in [4.69, 9.17) is 0 Å². The quantitative estimate of drug-likeness (QED) is 0.915. The van der Waals surface area contributed by atoms with E-state index in [1.165, 1.54) is 31.2 Å². The minimum Gasteiger partial charge on any atom is -0.309 e. The molecule has 1 atom stereocenters. The molecule has 1 aliphatic rings. The first-order valence-electron chi connectivity index (χ1n) is 6.41. The van der Waals surface area contributed by atoms with E-state index in [0.29, 0.717) is 11.5 Å². The maximum absolute atomic E-state index is 4.20. The lowest BCUT2D eigenvalue weighted by Crippen LogP contribution is -2.43. The topological polar surface area (TPSA) is 24.9 Å². The van der Waals surface area contributed by atoms with Crippen LogP contribution in [0.15, 0.2) is 22.9 Å². The molecular formula is C14H21BrN2. The molecule has 0 spiro atoms. The third-order valence-corrected chi connectivity index (χ3v) is 4.26. The summed E-state index contributed by atoms with van der Waals surface area (Å²) in [6, 6.07) is 2.77. The van der Waals surface area contributed by atoms with Crippen molar-refractivity contribution >= 4 is 15.9 Å². The van der Waals surface area contributed by atoms with Crippen molar-refractivity contribution < 1.29 is 0 Å². The summed E-state index contributed by atoms with van der Waals surface area (Å²) < 4.78 is 1.06. The molecule has 1 heterocycles. The van der Waals surface area contributed by atoms with Crippen LogP contribution in [0.2, 0.25) is 0 Å². The lowest BCUT2D eigenvalue weighted by Gasteiger charge is -2.39. The molecule has 0 amide bonds. The van der Waals surface area contributed by atoms with Gasteiger partial charge in [0.25, 0.3) is 0 Å². The van der Waals surface area contributed by atoms with Gasteiger partial charge in [0.1, 0.15) is 0 Å². The summed E-state index contributed by atoms with van der Waals surface area (Å²) in [5, 5.41) is 3.69. The highest BCUT2D eigenvalue weighted by Gasteiger charge is 2.31. The molecule has 1 aliphatic carbocycles. The monoisotopic (exact) mass is 296 g/mol. The van der Waals surface area contributed by atoms with Gasteiger partial charge < -0.3 is 5.32 Å². The van der Waals surface area contributed by atoms with E-state index in [2.05, 4.69) is 46.1 Å². The van der Waals surface area contributed by atoms with Crippen molar-refractivity contribution in [1.82, 2.24) is 10.3 Å². The Morgan fingerprint density at radius 2 is 2.24 bits per heavy atom. The van der Waals surface area contributed by atoms with E-state index in [-0.39, 0.29) is 0 Å². The zero-order valence-electron chi connectivity index (χ0n) is 10.7. The molecule has 1 saturated carbocycles. The molecule has 3 heteroatoms. The third kappa shape index (κ3) is 3.52. The van der Waals surface area contributed by atoms with E-state index in [1.807, 2.05) is 12.4 Å². The predicted molar refractivity (Wildman–Crippen MR) is 74.8 cm³/mol. The van der Waals surface area contributed by atoms with Crippen LogP contribution < -0.4 is 5.32 Å². The van der Waals surface area contributed by atoms with Gasteiger partial charge in [-0.05, 0) is 45.8 Å². The van der Waals surface area contributed by atoms with Crippen LogP contribution in [0.4, 0.5) is 0 Å². The molecule has 2 rings (SSSR count). The highest BCUT2D eigenvalue weighted by molar-refractivity contribution is 9.10. The second kappa shape index (κ2) is 5.49. The van der Waals surface area contributed by atoms with E-state index in [9.17, 15) is 0 Å². The minimum absolute atomic E-state index is 0.428. The Balaban J connectivity index is 1.93. The molecule has 17 heavy (non-hydrogen) atoms. The summed E-state index contributed by atoms with van der Waals surface area (Å²) in [7, 11) is 0. The molecular weight excluding hydrogens is 276 g/mol. The zero-order chi connectivity index (χ0) is 12.3. The van der Waals surface area contributed by atoms with Gasteiger partial charge in [-0.25, -0.2) is 0 Å². The number of halogens is 1. The minimum atomic E-state index is 0.428. The molecule has 0 saturated heterocycles. The molecule has 0 radical (unpaired) electrons. The molecule has 1 unspecified atom stereocenters. The molecule has 1 aromatic rings. The lowest BCUT2D eigenvalue weighted by molar-refractivity contribution is 0.166. The number of aromatic nitrogens is 1. The van der Waals surface area contributed by atoms with E-state index in [1.54, 1.807) is 0 Å². The highest BCUT2D eigenvalue weighted by atomic mass is 79.9. The summed E-state index contributed by atoms with van der Waals surface area (Å²) >= 11 is 3.46. The largest absolute Gasteiger partial charge is 0.309 e. The van der Waals surface area contributed by atoms with Gasteiger partial charge in [0.15, 0.2) is 0 Å². The van der Waals surface area contributed by atoms with Crippen LogP contribution in [0.1, 0.15) is 45.1 Å². The number of rotatable bonds is 3. The van der Waals surface area contributed by atoms with Gasteiger partial charge in [-0.1, -0.05) is 26.7 Å². The Morgan fingerprint density at radius 3 is 2.94 bits per heavy atom. The number of hydrogen-bond donors (Lipinski definition) is 1. The van der Waals surface area contributed by atoms with Crippen LogP contribution in [0.25, 0.3) is 0 Å². The number of pyridine rings is 1. The van der Waals surface area contributed by atoms with Crippen LogP contribution in [-0.2, 0) is 6.54 Å². The fourth-order valence-corrected chi connectivity index (χ4v) is 3.08. The van der Waals surface area contributed by atoms with Gasteiger partial charge in [0, 0.05) is 29.5 Å². The maximum Gasteiger partial charge on any atom is 0.0410 e. The first kappa shape index (κ1) is 13.0. The van der Waals surface area contributed by atoms with Gasteiger partial charge in [0.05, 0.1) is 0 Å². The van der Waals surface area contributed by atoms with Gasteiger partial charge >= 0.3 is 0 Å². The van der Waals surface area contributed by atoms with E-state index >= 15 is 0 Å². The van der Waals surface area contributed by atoms with E-state index in [0.717, 1.165) is 11.0 Å². The molecule has 0 aliphatic heterocycles. The fourth-order valence-electron chi connectivity index (χ4n) is 2.67. The van der Waals surface area contributed by atoms with Crippen molar-refractivity contribution in [1.29, 1.82) is 0 Å². The van der Waals surface area contributed by atoms with Gasteiger partial charge in [-0.15, -0.1) is 0 Å². The van der Waals surface area contributed by atoms with Crippen molar-refractivity contribution in [2.24, 2.45) is 5.41 Å². The summed E-state index contributed by atoms with van der Waals surface area (Å²) in [6.07, 6.45) is 9.14. The van der Waals surface area contributed by atoms with Gasteiger partial charge in [0.2, 0.25) is 0 Å². The molecule has 2 nitrogen and oxygen atoms in total. The average Bonchev–Trinajstić information content (AvgIpc) is 2.27. The van der Waals surface area contributed by atoms with Crippen LogP contribution >= 0.6 is 15.9 Å². The number of hydrogen-bond acceptors (Lipinski definition) is 2. The Morgan fingerprint density at radius 1 is 1.41 bits per heavy atom. The van der Waals surface area contributed by atoms with Crippen molar-refractivity contribution in [2.75, 3.05) is 0 Å². The SMILES string of the molecule is CC1(C)CCCCC1NCc1cncc(Br)c1. The first-order chi connectivity index (χ1) is 8.08. The fraction of sp³-hybridized carbons (Fsp3) is 0.643. The normalized spacial score (nSPS) is 23.6. The summed E-state index contributed by atoms with van der Waals surface area (Å²) in [5.41, 5.74) is 1.68. The number of nitrogens with zero attached hydrogens (tertiary/aromatic N) is 1. The number of nitrogens with one attached hydrogen (secondary N) is 1. The second-order valence-corrected chi connectivity index (χ2v) is 6.59. The Kier molecular flexibility index (Phi) is 4.21. The van der Waals surface area contributed by atoms with Crippen LogP contribution in [0.3, 0.4) is 0 Å². The summed E-state index contributed by atoms with van der Waals surface area (Å²) in [6.45, 7) is 5.67. The van der Waals surface area contributed by atoms with Crippen LogP contribution in [0.5, 0.6) is 0 Å². The second-order valence-electron chi connectivity index (χ2n) is 5.68.